The van der Waals surface area contributed by atoms with E-state index < -0.39 is 0 Å². The number of aromatic nitrogens is 3. The summed E-state index contributed by atoms with van der Waals surface area (Å²) in [5.41, 5.74) is 5.42. The number of halogens is 1. The molecule has 2 aliphatic rings. The summed E-state index contributed by atoms with van der Waals surface area (Å²) in [7, 11) is 0. The van der Waals surface area contributed by atoms with Crippen LogP contribution < -0.4 is 10.6 Å². The first-order valence-electron chi connectivity index (χ1n) is 11.4. The molecule has 1 saturated heterocycles. The summed E-state index contributed by atoms with van der Waals surface area (Å²) in [5.74, 6) is 2.05. The van der Waals surface area contributed by atoms with Gasteiger partial charge < -0.3 is 10.6 Å². The van der Waals surface area contributed by atoms with Gasteiger partial charge >= 0.3 is 0 Å². The maximum atomic E-state index is 13.2. The number of pyridine rings is 1. The first kappa shape index (κ1) is 19.9. The quantitative estimate of drug-likeness (QED) is 0.407. The third-order valence-electron chi connectivity index (χ3n) is 6.54. The lowest BCUT2D eigenvalue weighted by molar-refractivity contribution is 0.459. The van der Waals surface area contributed by atoms with E-state index in [4.69, 9.17) is 9.97 Å². The lowest BCUT2D eigenvalue weighted by Crippen LogP contribution is -2.26. The first-order valence-corrected chi connectivity index (χ1v) is 12.3. The highest BCUT2D eigenvalue weighted by atomic mass is 32.1. The van der Waals surface area contributed by atoms with Gasteiger partial charge in [-0.25, -0.2) is 14.4 Å². The average Bonchev–Trinajstić information content (AvgIpc) is 3.46. The van der Waals surface area contributed by atoms with E-state index in [-0.39, 0.29) is 5.82 Å². The molecule has 7 heteroatoms. The Morgan fingerprint density at radius 2 is 1.81 bits per heavy atom. The number of thiazole rings is 1. The Hall–Kier alpha value is -2.77. The average molecular weight is 448 g/mol. The predicted octanol–water partition coefficient (Wildman–Crippen LogP) is 5.55. The number of anilines is 1. The smallest absolute Gasteiger partial charge is 0.138 e. The van der Waals surface area contributed by atoms with Crippen molar-refractivity contribution in [1.82, 2.24) is 19.7 Å². The van der Waals surface area contributed by atoms with E-state index in [0.717, 1.165) is 40.8 Å². The van der Waals surface area contributed by atoms with E-state index in [9.17, 15) is 4.39 Å². The highest BCUT2D eigenvalue weighted by molar-refractivity contribution is 7.09. The third-order valence-corrected chi connectivity index (χ3v) is 7.39. The number of hydrogen-bond acceptors (Lipinski definition) is 5. The Balaban J connectivity index is 1.27. The van der Waals surface area contributed by atoms with Gasteiger partial charge in [0.1, 0.15) is 22.3 Å². The number of hydrogen-bond donors (Lipinski definition) is 2. The fraction of sp³-hybridized carbons (Fsp3) is 0.360. The van der Waals surface area contributed by atoms with Gasteiger partial charge in [-0.05, 0) is 80.6 Å². The lowest BCUT2D eigenvalue weighted by Gasteiger charge is -2.23. The van der Waals surface area contributed by atoms with E-state index in [1.807, 2.05) is 5.38 Å². The molecule has 164 valence electrons. The topological polar surface area (TPSA) is 54.2 Å². The van der Waals surface area contributed by atoms with Crippen LogP contribution in [0.25, 0.3) is 16.9 Å². The number of nitrogens with zero attached hydrogens (tertiary/aromatic N) is 3. The fourth-order valence-corrected chi connectivity index (χ4v) is 5.34. The second kappa shape index (κ2) is 8.30. The molecular weight excluding hydrogens is 421 g/mol. The molecule has 1 aliphatic heterocycles. The van der Waals surface area contributed by atoms with Crippen molar-refractivity contribution in [1.29, 1.82) is 0 Å². The first-order chi connectivity index (χ1) is 15.7. The Bertz CT molecular complexity index is 1240. The van der Waals surface area contributed by atoms with Crippen molar-refractivity contribution in [3.05, 3.63) is 70.1 Å². The molecule has 32 heavy (non-hydrogen) atoms. The van der Waals surface area contributed by atoms with Crippen molar-refractivity contribution in [2.75, 3.05) is 18.4 Å². The molecule has 0 unspecified atom stereocenters. The number of nitrogens with one attached hydrogen (secondary N) is 2. The van der Waals surface area contributed by atoms with Crippen LogP contribution in [0.1, 0.15) is 53.8 Å². The van der Waals surface area contributed by atoms with Gasteiger partial charge in [0, 0.05) is 23.1 Å². The molecule has 1 saturated carbocycles. The molecule has 0 atom stereocenters. The summed E-state index contributed by atoms with van der Waals surface area (Å²) in [6.07, 6.45) is 7.09. The molecule has 6 rings (SSSR count). The van der Waals surface area contributed by atoms with E-state index in [1.165, 1.54) is 49.1 Å². The maximum Gasteiger partial charge on any atom is 0.138 e. The fourth-order valence-electron chi connectivity index (χ4n) is 4.60. The number of fused-ring (bicyclic) bond motifs is 1. The summed E-state index contributed by atoms with van der Waals surface area (Å²) in [6.45, 7) is 2.83. The molecule has 1 aromatic carbocycles. The molecule has 5 nitrogen and oxygen atoms in total. The van der Waals surface area contributed by atoms with Crippen LogP contribution in [0.4, 0.5) is 10.2 Å². The van der Waals surface area contributed by atoms with Gasteiger partial charge in [-0.1, -0.05) is 6.07 Å². The molecule has 0 bridgehead atoms. The number of imidazole rings is 1. The molecule has 2 N–H and O–H groups in total. The van der Waals surface area contributed by atoms with E-state index in [1.54, 1.807) is 23.5 Å². The highest BCUT2D eigenvalue weighted by Crippen LogP contribution is 2.43. The molecule has 4 heterocycles. The van der Waals surface area contributed by atoms with Crippen LogP contribution in [0, 0.1) is 5.82 Å². The number of piperidine rings is 1. The Morgan fingerprint density at radius 3 is 2.59 bits per heavy atom. The minimum Gasteiger partial charge on any atom is -0.363 e. The molecule has 1 aliphatic carbocycles. The van der Waals surface area contributed by atoms with Crippen LogP contribution in [0.2, 0.25) is 0 Å². The minimum absolute atomic E-state index is 0.227. The summed E-state index contributed by atoms with van der Waals surface area (Å²) < 4.78 is 15.5. The van der Waals surface area contributed by atoms with Crippen LogP contribution in [-0.4, -0.2) is 27.5 Å². The molecule has 2 fully saturated rings. The monoisotopic (exact) mass is 447 g/mol. The Morgan fingerprint density at radius 1 is 1.00 bits per heavy atom. The van der Waals surface area contributed by atoms with E-state index in [2.05, 4.69) is 33.4 Å². The zero-order chi connectivity index (χ0) is 21.5. The van der Waals surface area contributed by atoms with Crippen molar-refractivity contribution in [2.24, 2.45) is 0 Å². The summed E-state index contributed by atoms with van der Waals surface area (Å²) >= 11 is 1.63. The molecule has 4 aromatic rings. The van der Waals surface area contributed by atoms with Gasteiger partial charge in [-0.3, -0.25) is 4.40 Å². The molecule has 0 radical (unpaired) electrons. The standard InChI is InChI=1S/C25H26FN5S/c26-20-6-3-17(4-7-20)21-15-32-23(29-21)13-28-25-24(18-1-2-18)30-22-8-5-19(14-31(22)25)16-9-11-27-12-10-16/h3-8,14-16,18,27-28H,1-2,9-13H2. The summed E-state index contributed by atoms with van der Waals surface area (Å²) in [4.78, 5) is 9.74. The normalized spacial score (nSPS) is 17.2. The maximum absolute atomic E-state index is 13.2. The van der Waals surface area contributed by atoms with Crippen molar-refractivity contribution in [3.8, 4) is 11.3 Å². The van der Waals surface area contributed by atoms with E-state index in [0.29, 0.717) is 18.4 Å². The van der Waals surface area contributed by atoms with Crippen molar-refractivity contribution >= 4 is 22.8 Å². The molecule has 0 spiro atoms. The Labute approximate surface area is 190 Å². The summed E-state index contributed by atoms with van der Waals surface area (Å²) in [5, 5.41) is 10.2. The van der Waals surface area contributed by atoms with Crippen molar-refractivity contribution in [2.45, 2.75) is 44.1 Å². The summed E-state index contributed by atoms with van der Waals surface area (Å²) in [6, 6.07) is 10.9. The minimum atomic E-state index is -0.227. The molecule has 3 aromatic heterocycles. The number of rotatable bonds is 6. The molecule has 0 amide bonds. The van der Waals surface area contributed by atoms with Crippen LogP contribution in [-0.2, 0) is 6.54 Å². The Kier molecular flexibility index (Phi) is 5.15. The van der Waals surface area contributed by atoms with Gasteiger partial charge in [-0.2, -0.15) is 0 Å². The number of benzene rings is 1. The van der Waals surface area contributed by atoms with Gasteiger partial charge in [0.2, 0.25) is 0 Å². The predicted molar refractivity (Wildman–Crippen MR) is 127 cm³/mol. The van der Waals surface area contributed by atoms with Crippen molar-refractivity contribution < 1.29 is 4.39 Å². The third kappa shape index (κ3) is 3.91. The van der Waals surface area contributed by atoms with Gasteiger partial charge in [0.15, 0.2) is 0 Å². The van der Waals surface area contributed by atoms with Gasteiger partial charge in [0.05, 0.1) is 17.9 Å². The highest BCUT2D eigenvalue weighted by Gasteiger charge is 2.30. The lowest BCUT2D eigenvalue weighted by atomic mass is 9.91. The second-order valence-electron chi connectivity index (χ2n) is 8.82. The van der Waals surface area contributed by atoms with Gasteiger partial charge in [0.25, 0.3) is 0 Å². The van der Waals surface area contributed by atoms with Gasteiger partial charge in [-0.15, -0.1) is 11.3 Å². The van der Waals surface area contributed by atoms with Crippen LogP contribution in [0.5, 0.6) is 0 Å². The van der Waals surface area contributed by atoms with E-state index >= 15 is 0 Å². The second-order valence-corrected chi connectivity index (χ2v) is 9.76. The van der Waals surface area contributed by atoms with Crippen LogP contribution in [0.15, 0.2) is 48.0 Å². The molecular formula is C25H26FN5S. The zero-order valence-electron chi connectivity index (χ0n) is 17.9. The van der Waals surface area contributed by atoms with Crippen LogP contribution in [0.3, 0.4) is 0 Å². The SMILES string of the molecule is Fc1ccc(-c2csc(CNc3c(C4CC4)nc4ccc(C5CCNCC5)cn34)n2)cc1. The largest absolute Gasteiger partial charge is 0.363 e. The van der Waals surface area contributed by atoms with Crippen molar-refractivity contribution in [3.63, 3.8) is 0 Å². The zero-order valence-corrected chi connectivity index (χ0v) is 18.7. The van der Waals surface area contributed by atoms with Crippen LogP contribution >= 0.6 is 11.3 Å².